The number of hydrogen-bond acceptors (Lipinski definition) is 4. The molecule has 0 saturated carbocycles. The van der Waals surface area contributed by atoms with Crippen LogP contribution in [0.25, 0.3) is 15.9 Å². The van der Waals surface area contributed by atoms with Crippen molar-refractivity contribution in [2.24, 2.45) is 0 Å². The maximum atomic E-state index is 12.4. The van der Waals surface area contributed by atoms with Crippen LogP contribution >= 0.6 is 11.3 Å². The fourth-order valence-corrected chi connectivity index (χ4v) is 3.78. The van der Waals surface area contributed by atoms with Crippen molar-refractivity contribution in [3.05, 3.63) is 47.0 Å². The second-order valence-electron chi connectivity index (χ2n) is 5.78. The molecule has 7 nitrogen and oxygen atoms in total. The Labute approximate surface area is 154 Å². The lowest BCUT2D eigenvalue weighted by Crippen LogP contribution is -2.37. The second-order valence-corrected chi connectivity index (χ2v) is 6.81. The van der Waals surface area contributed by atoms with Crippen LogP contribution in [0.5, 0.6) is 0 Å². The van der Waals surface area contributed by atoms with Gasteiger partial charge in [0.15, 0.2) is 0 Å². The van der Waals surface area contributed by atoms with Crippen molar-refractivity contribution in [3.63, 3.8) is 0 Å². The molecule has 3 rings (SSSR count). The predicted octanol–water partition coefficient (Wildman–Crippen LogP) is 3.13. The predicted molar refractivity (Wildman–Crippen MR) is 101 cm³/mol. The Bertz CT molecular complexity index is 933. The first-order valence-corrected chi connectivity index (χ1v) is 9.13. The summed E-state index contributed by atoms with van der Waals surface area (Å²) in [6, 6.07) is 11.6. The number of benzene rings is 1. The van der Waals surface area contributed by atoms with E-state index in [1.807, 2.05) is 48.0 Å². The topological polar surface area (TPSA) is 87.5 Å². The molecule has 0 aliphatic carbocycles. The Balaban J connectivity index is 1.77. The highest BCUT2D eigenvalue weighted by atomic mass is 32.1. The minimum absolute atomic E-state index is 0.202. The fourth-order valence-electron chi connectivity index (χ4n) is 2.68. The average molecular weight is 372 g/mol. The van der Waals surface area contributed by atoms with Gasteiger partial charge in [0.05, 0.1) is 16.3 Å². The van der Waals surface area contributed by atoms with E-state index in [2.05, 4.69) is 10.4 Å². The molecule has 0 saturated heterocycles. The lowest BCUT2D eigenvalue weighted by Gasteiger charge is -2.16. The SMILES string of the molecule is CCN(CCNC(=O)c1cc2c(C)nn(-c3ccccc3)c2s1)C(=O)O. The molecule has 136 valence electrons. The number of carbonyl (C=O) groups excluding carboxylic acids is 1. The molecule has 2 aromatic heterocycles. The van der Waals surface area contributed by atoms with Crippen molar-refractivity contribution in [1.82, 2.24) is 20.0 Å². The summed E-state index contributed by atoms with van der Waals surface area (Å²) in [4.78, 5) is 26.1. The number of nitrogens with one attached hydrogen (secondary N) is 1. The highest BCUT2D eigenvalue weighted by molar-refractivity contribution is 7.20. The summed E-state index contributed by atoms with van der Waals surface area (Å²) in [7, 11) is 0. The van der Waals surface area contributed by atoms with E-state index >= 15 is 0 Å². The van der Waals surface area contributed by atoms with E-state index in [-0.39, 0.29) is 19.0 Å². The molecular formula is C18H20N4O3S. The standard InChI is InChI=1S/C18H20N4O3S/c1-3-21(18(24)25)10-9-19-16(23)15-11-14-12(2)20-22(17(14)26-15)13-7-5-4-6-8-13/h4-8,11H,3,9-10H2,1-2H3,(H,19,23)(H,24,25). The first-order chi connectivity index (χ1) is 12.5. The van der Waals surface area contributed by atoms with Crippen LogP contribution in [0.15, 0.2) is 36.4 Å². The van der Waals surface area contributed by atoms with E-state index < -0.39 is 6.09 Å². The summed E-state index contributed by atoms with van der Waals surface area (Å²) in [5.74, 6) is -0.202. The van der Waals surface area contributed by atoms with E-state index in [9.17, 15) is 9.59 Å². The van der Waals surface area contributed by atoms with Crippen LogP contribution in [0.3, 0.4) is 0 Å². The number of thiophene rings is 1. The van der Waals surface area contributed by atoms with Crippen molar-refractivity contribution in [2.45, 2.75) is 13.8 Å². The Morgan fingerprint density at radius 2 is 2.04 bits per heavy atom. The number of rotatable bonds is 6. The quantitative estimate of drug-likeness (QED) is 0.696. The first-order valence-electron chi connectivity index (χ1n) is 8.32. The molecule has 0 aliphatic rings. The van der Waals surface area contributed by atoms with E-state index in [4.69, 9.17) is 5.11 Å². The number of fused-ring (bicyclic) bond motifs is 1. The van der Waals surface area contributed by atoms with Crippen LogP contribution in [0, 0.1) is 6.92 Å². The second kappa shape index (κ2) is 7.57. The van der Waals surface area contributed by atoms with Gasteiger partial charge in [0.1, 0.15) is 4.83 Å². The van der Waals surface area contributed by atoms with Gasteiger partial charge in [-0.15, -0.1) is 11.3 Å². The molecular weight excluding hydrogens is 352 g/mol. The van der Waals surface area contributed by atoms with Crippen LogP contribution in [0.1, 0.15) is 22.3 Å². The van der Waals surface area contributed by atoms with Crippen molar-refractivity contribution in [3.8, 4) is 5.69 Å². The van der Waals surface area contributed by atoms with Gasteiger partial charge >= 0.3 is 6.09 Å². The van der Waals surface area contributed by atoms with Gasteiger partial charge in [-0.1, -0.05) is 18.2 Å². The van der Waals surface area contributed by atoms with Gasteiger partial charge in [0.2, 0.25) is 0 Å². The third kappa shape index (κ3) is 3.55. The lowest BCUT2D eigenvalue weighted by atomic mass is 10.3. The van der Waals surface area contributed by atoms with Crippen LogP contribution in [-0.2, 0) is 0 Å². The molecule has 8 heteroatoms. The molecule has 26 heavy (non-hydrogen) atoms. The summed E-state index contributed by atoms with van der Waals surface area (Å²) < 4.78 is 1.84. The number of aromatic nitrogens is 2. The third-order valence-electron chi connectivity index (χ3n) is 4.09. The summed E-state index contributed by atoms with van der Waals surface area (Å²) in [6.45, 7) is 4.61. The van der Waals surface area contributed by atoms with Crippen LogP contribution in [0.4, 0.5) is 4.79 Å². The van der Waals surface area contributed by atoms with E-state index in [0.29, 0.717) is 11.4 Å². The van der Waals surface area contributed by atoms with Crippen molar-refractivity contribution >= 4 is 33.6 Å². The minimum Gasteiger partial charge on any atom is -0.465 e. The maximum Gasteiger partial charge on any atom is 0.407 e. The molecule has 0 aliphatic heterocycles. The minimum atomic E-state index is -0.984. The summed E-state index contributed by atoms with van der Waals surface area (Å²) in [5.41, 5.74) is 1.81. The average Bonchev–Trinajstić information content (AvgIpc) is 3.20. The van der Waals surface area contributed by atoms with Crippen LogP contribution in [0.2, 0.25) is 0 Å². The Kier molecular flexibility index (Phi) is 5.22. The Morgan fingerprint density at radius 3 is 2.69 bits per heavy atom. The molecule has 0 fully saturated rings. The molecule has 0 spiro atoms. The highest BCUT2D eigenvalue weighted by Crippen LogP contribution is 2.30. The van der Waals surface area contributed by atoms with Gasteiger partial charge in [-0.2, -0.15) is 5.10 Å². The van der Waals surface area contributed by atoms with Crippen molar-refractivity contribution in [1.29, 1.82) is 0 Å². The van der Waals surface area contributed by atoms with E-state index in [0.717, 1.165) is 21.6 Å². The number of carbonyl (C=O) groups is 2. The number of carboxylic acid groups (broad SMARTS) is 1. The van der Waals surface area contributed by atoms with Crippen LogP contribution in [-0.4, -0.2) is 51.4 Å². The van der Waals surface area contributed by atoms with Crippen molar-refractivity contribution in [2.75, 3.05) is 19.6 Å². The maximum absolute atomic E-state index is 12.4. The first kappa shape index (κ1) is 17.9. The smallest absolute Gasteiger partial charge is 0.407 e. The zero-order valence-corrected chi connectivity index (χ0v) is 15.4. The van der Waals surface area contributed by atoms with Gasteiger partial charge in [0, 0.05) is 25.0 Å². The lowest BCUT2D eigenvalue weighted by molar-refractivity contribution is 0.0948. The van der Waals surface area contributed by atoms with Gasteiger partial charge in [-0.3, -0.25) is 4.79 Å². The molecule has 0 atom stereocenters. The Morgan fingerprint density at radius 1 is 1.31 bits per heavy atom. The number of amides is 2. The van der Waals surface area contributed by atoms with Gasteiger partial charge in [-0.25, -0.2) is 9.48 Å². The number of hydrogen-bond donors (Lipinski definition) is 2. The molecule has 3 aromatic rings. The molecule has 0 radical (unpaired) electrons. The summed E-state index contributed by atoms with van der Waals surface area (Å²) >= 11 is 1.38. The largest absolute Gasteiger partial charge is 0.465 e. The van der Waals surface area contributed by atoms with Gasteiger partial charge in [0.25, 0.3) is 5.91 Å². The molecule has 2 heterocycles. The van der Waals surface area contributed by atoms with E-state index in [1.165, 1.54) is 16.2 Å². The zero-order chi connectivity index (χ0) is 18.7. The molecule has 0 unspecified atom stereocenters. The molecule has 2 amide bonds. The normalized spacial score (nSPS) is 10.8. The van der Waals surface area contributed by atoms with Crippen molar-refractivity contribution < 1.29 is 14.7 Å². The fraction of sp³-hybridized carbons (Fsp3) is 0.278. The van der Waals surface area contributed by atoms with Gasteiger partial charge in [-0.05, 0) is 32.0 Å². The number of likely N-dealkylation sites (N-methyl/N-ethyl adjacent to an activating group) is 1. The molecule has 1 aromatic carbocycles. The molecule has 0 bridgehead atoms. The monoisotopic (exact) mass is 372 g/mol. The zero-order valence-electron chi connectivity index (χ0n) is 14.6. The molecule has 2 N–H and O–H groups in total. The van der Waals surface area contributed by atoms with Gasteiger partial charge < -0.3 is 15.3 Å². The van der Waals surface area contributed by atoms with Crippen LogP contribution < -0.4 is 5.32 Å². The number of aryl methyl sites for hydroxylation is 1. The Hall–Kier alpha value is -2.87. The third-order valence-corrected chi connectivity index (χ3v) is 5.20. The highest BCUT2D eigenvalue weighted by Gasteiger charge is 2.17. The number of para-hydroxylation sites is 1. The number of nitrogens with zero attached hydrogens (tertiary/aromatic N) is 3. The summed E-state index contributed by atoms with van der Waals surface area (Å²) in [5, 5.41) is 17.3. The van der Waals surface area contributed by atoms with E-state index in [1.54, 1.807) is 6.92 Å². The summed E-state index contributed by atoms with van der Waals surface area (Å²) in [6.07, 6.45) is -0.984.